The van der Waals surface area contributed by atoms with Crippen molar-refractivity contribution in [3.63, 3.8) is 0 Å². The molecule has 112 valence electrons. The number of benzene rings is 2. The zero-order valence-electron chi connectivity index (χ0n) is 11.2. The van der Waals surface area contributed by atoms with Gasteiger partial charge in [0.15, 0.2) is 0 Å². The van der Waals surface area contributed by atoms with E-state index >= 15 is 0 Å². The minimum atomic E-state index is -0.710. The number of para-hydroxylation sites is 1. The Labute approximate surface area is 123 Å². The summed E-state index contributed by atoms with van der Waals surface area (Å²) < 4.78 is 45.1. The van der Waals surface area contributed by atoms with E-state index in [1.807, 2.05) is 0 Å². The molecule has 0 aliphatic heterocycles. The van der Waals surface area contributed by atoms with E-state index in [-0.39, 0.29) is 29.8 Å². The number of aromatic nitrogens is 2. The Kier molecular flexibility index (Phi) is 3.78. The second-order valence-electron chi connectivity index (χ2n) is 4.46. The molecule has 2 aromatic carbocycles. The lowest BCUT2D eigenvalue weighted by Crippen LogP contribution is -2.04. The van der Waals surface area contributed by atoms with Crippen LogP contribution in [0.5, 0.6) is 0 Å². The maximum Gasteiger partial charge on any atom is 0.247 e. The van der Waals surface area contributed by atoms with Crippen molar-refractivity contribution in [2.45, 2.75) is 6.54 Å². The lowest BCUT2D eigenvalue weighted by Gasteiger charge is -2.05. The number of hydrogen-bond donors (Lipinski definition) is 1. The Hall–Kier alpha value is -2.83. The Bertz CT molecular complexity index is 767. The first-order valence-corrected chi connectivity index (χ1v) is 6.39. The maximum atomic E-state index is 13.5. The fourth-order valence-corrected chi connectivity index (χ4v) is 1.86. The molecule has 0 radical (unpaired) electrons. The van der Waals surface area contributed by atoms with E-state index in [9.17, 15) is 13.2 Å². The summed E-state index contributed by atoms with van der Waals surface area (Å²) in [6.45, 7) is -0.0357. The molecule has 0 saturated carbocycles. The monoisotopic (exact) mass is 305 g/mol. The zero-order valence-corrected chi connectivity index (χ0v) is 11.2. The third-order valence-electron chi connectivity index (χ3n) is 2.94. The molecule has 3 aromatic rings. The topological polar surface area (TPSA) is 51.0 Å². The summed E-state index contributed by atoms with van der Waals surface area (Å²) in [7, 11) is 0. The van der Waals surface area contributed by atoms with E-state index in [1.54, 1.807) is 0 Å². The van der Waals surface area contributed by atoms with Crippen LogP contribution in [0.25, 0.3) is 11.5 Å². The van der Waals surface area contributed by atoms with Gasteiger partial charge in [-0.05, 0) is 36.4 Å². The van der Waals surface area contributed by atoms with Crippen LogP contribution in [0.15, 0.2) is 46.9 Å². The molecule has 0 atom stereocenters. The molecule has 0 aliphatic carbocycles. The molecule has 3 rings (SSSR count). The van der Waals surface area contributed by atoms with Gasteiger partial charge in [-0.1, -0.05) is 6.07 Å². The van der Waals surface area contributed by atoms with E-state index in [2.05, 4.69) is 15.5 Å². The number of nitrogens with zero attached hydrogens (tertiary/aromatic N) is 2. The van der Waals surface area contributed by atoms with E-state index in [1.165, 1.54) is 30.3 Å². The molecule has 1 heterocycles. The molecule has 1 N–H and O–H groups in total. The van der Waals surface area contributed by atoms with E-state index < -0.39 is 11.6 Å². The van der Waals surface area contributed by atoms with Crippen LogP contribution in [0.4, 0.5) is 18.9 Å². The summed E-state index contributed by atoms with van der Waals surface area (Å²) in [4.78, 5) is 0. The quantitative estimate of drug-likeness (QED) is 0.797. The van der Waals surface area contributed by atoms with Crippen LogP contribution < -0.4 is 5.32 Å². The molecule has 0 saturated heterocycles. The molecule has 0 unspecified atom stereocenters. The standard InChI is InChI=1S/C15H10F3N3O/c16-10-6-4-9(5-7-10)15-21-20-13(22-15)8-19-14-11(17)2-1-3-12(14)18/h1-7,19H,8H2. The highest BCUT2D eigenvalue weighted by atomic mass is 19.1. The van der Waals surface area contributed by atoms with Crippen LogP contribution in [-0.4, -0.2) is 10.2 Å². The minimum absolute atomic E-state index is 0.0357. The SMILES string of the molecule is Fc1ccc(-c2nnc(CNc3c(F)cccc3F)o2)cc1. The predicted octanol–water partition coefficient (Wildman–Crippen LogP) is 3.77. The molecule has 0 fully saturated rings. The van der Waals surface area contributed by atoms with Gasteiger partial charge in [0.25, 0.3) is 0 Å². The van der Waals surface area contributed by atoms with E-state index in [4.69, 9.17) is 4.42 Å². The van der Waals surface area contributed by atoms with Crippen molar-refractivity contribution in [2.75, 3.05) is 5.32 Å². The summed E-state index contributed by atoms with van der Waals surface area (Å²) in [5.74, 6) is -1.44. The van der Waals surface area contributed by atoms with Crippen molar-refractivity contribution < 1.29 is 17.6 Å². The highest BCUT2D eigenvalue weighted by Crippen LogP contribution is 2.21. The van der Waals surface area contributed by atoms with Crippen molar-refractivity contribution in [1.29, 1.82) is 0 Å². The van der Waals surface area contributed by atoms with Gasteiger partial charge in [0.2, 0.25) is 11.8 Å². The van der Waals surface area contributed by atoms with E-state index in [0.717, 1.165) is 12.1 Å². The van der Waals surface area contributed by atoms with Crippen LogP contribution in [0.2, 0.25) is 0 Å². The van der Waals surface area contributed by atoms with Gasteiger partial charge >= 0.3 is 0 Å². The molecule has 1 aromatic heterocycles. The smallest absolute Gasteiger partial charge is 0.247 e. The number of nitrogens with one attached hydrogen (secondary N) is 1. The van der Waals surface area contributed by atoms with Crippen LogP contribution in [0, 0.1) is 17.5 Å². The van der Waals surface area contributed by atoms with Crippen molar-refractivity contribution in [3.8, 4) is 11.5 Å². The number of halogens is 3. The Balaban J connectivity index is 1.73. The minimum Gasteiger partial charge on any atom is -0.419 e. The highest BCUT2D eigenvalue weighted by molar-refractivity contribution is 5.52. The molecule has 7 heteroatoms. The van der Waals surface area contributed by atoms with Gasteiger partial charge in [0.05, 0.1) is 6.54 Å². The van der Waals surface area contributed by atoms with Gasteiger partial charge in [-0.25, -0.2) is 13.2 Å². The average molecular weight is 305 g/mol. The van der Waals surface area contributed by atoms with Gasteiger partial charge in [0, 0.05) is 5.56 Å². The first-order chi connectivity index (χ1) is 10.6. The second-order valence-corrected chi connectivity index (χ2v) is 4.46. The summed E-state index contributed by atoms with van der Waals surface area (Å²) in [5.41, 5.74) is 0.293. The Morgan fingerprint density at radius 3 is 2.27 bits per heavy atom. The molecule has 0 spiro atoms. The Morgan fingerprint density at radius 1 is 0.909 bits per heavy atom. The summed E-state index contributed by atoms with van der Waals surface area (Å²) in [6, 6.07) is 9.09. The molecule has 0 bridgehead atoms. The first-order valence-electron chi connectivity index (χ1n) is 6.39. The fraction of sp³-hybridized carbons (Fsp3) is 0.0667. The Morgan fingerprint density at radius 2 is 1.59 bits per heavy atom. The van der Waals surface area contributed by atoms with Crippen LogP contribution in [-0.2, 0) is 6.54 Å². The van der Waals surface area contributed by atoms with Crippen molar-refractivity contribution >= 4 is 5.69 Å². The number of hydrogen-bond acceptors (Lipinski definition) is 4. The largest absolute Gasteiger partial charge is 0.419 e. The third-order valence-corrected chi connectivity index (χ3v) is 2.94. The lowest BCUT2D eigenvalue weighted by atomic mass is 10.2. The molecule has 22 heavy (non-hydrogen) atoms. The van der Waals surface area contributed by atoms with Gasteiger partial charge < -0.3 is 9.73 Å². The van der Waals surface area contributed by atoms with E-state index in [0.29, 0.717) is 5.56 Å². The summed E-state index contributed by atoms with van der Waals surface area (Å²) in [6.07, 6.45) is 0. The van der Waals surface area contributed by atoms with Gasteiger partial charge in [-0.3, -0.25) is 0 Å². The highest BCUT2D eigenvalue weighted by Gasteiger charge is 2.11. The maximum absolute atomic E-state index is 13.5. The number of rotatable bonds is 4. The first kappa shape index (κ1) is 14.1. The number of anilines is 1. The molecule has 4 nitrogen and oxygen atoms in total. The summed E-state index contributed by atoms with van der Waals surface area (Å²) in [5, 5.41) is 10.1. The molecular weight excluding hydrogens is 295 g/mol. The van der Waals surface area contributed by atoms with Gasteiger partial charge in [-0.2, -0.15) is 0 Å². The fourth-order valence-electron chi connectivity index (χ4n) is 1.86. The normalized spacial score (nSPS) is 10.7. The molecular formula is C15H10F3N3O. The van der Waals surface area contributed by atoms with Crippen LogP contribution in [0.3, 0.4) is 0 Å². The van der Waals surface area contributed by atoms with Gasteiger partial charge in [0.1, 0.15) is 23.1 Å². The van der Waals surface area contributed by atoms with Crippen molar-refractivity contribution in [1.82, 2.24) is 10.2 Å². The van der Waals surface area contributed by atoms with Crippen LogP contribution >= 0.6 is 0 Å². The molecule has 0 aliphatic rings. The van der Waals surface area contributed by atoms with Crippen LogP contribution in [0.1, 0.15) is 5.89 Å². The predicted molar refractivity (Wildman–Crippen MR) is 73.4 cm³/mol. The third kappa shape index (κ3) is 2.93. The van der Waals surface area contributed by atoms with Crippen molar-refractivity contribution in [3.05, 3.63) is 65.8 Å². The second kappa shape index (κ2) is 5.88. The molecule has 0 amide bonds. The van der Waals surface area contributed by atoms with Gasteiger partial charge in [-0.15, -0.1) is 10.2 Å². The zero-order chi connectivity index (χ0) is 15.5. The van der Waals surface area contributed by atoms with Crippen molar-refractivity contribution in [2.24, 2.45) is 0 Å². The summed E-state index contributed by atoms with van der Waals surface area (Å²) >= 11 is 0. The average Bonchev–Trinajstić information content (AvgIpc) is 2.96. The lowest BCUT2D eigenvalue weighted by molar-refractivity contribution is 0.512.